The van der Waals surface area contributed by atoms with Crippen LogP contribution >= 0.6 is 0 Å². The van der Waals surface area contributed by atoms with Crippen molar-refractivity contribution in [3.8, 4) is 5.69 Å². The molecular weight excluding hydrogens is 294 g/mol. The molecule has 0 aliphatic heterocycles. The Balaban J connectivity index is 1.73. The van der Waals surface area contributed by atoms with E-state index in [9.17, 15) is 9.59 Å². The van der Waals surface area contributed by atoms with E-state index >= 15 is 0 Å². The van der Waals surface area contributed by atoms with Gasteiger partial charge in [-0.2, -0.15) is 0 Å². The maximum absolute atomic E-state index is 12.6. The fourth-order valence-electron chi connectivity index (χ4n) is 3.02. The molecule has 1 aliphatic carbocycles. The number of benzene rings is 1. The summed E-state index contributed by atoms with van der Waals surface area (Å²) in [5.74, 6) is -0.568. The quantitative estimate of drug-likeness (QED) is 0.785. The smallest absolute Gasteiger partial charge is 0.284 e. The Bertz CT molecular complexity index is 910. The van der Waals surface area contributed by atoms with Gasteiger partial charge in [0.25, 0.3) is 5.91 Å². The monoisotopic (exact) mass is 307 g/mol. The minimum absolute atomic E-state index is 0.0299. The summed E-state index contributed by atoms with van der Waals surface area (Å²) in [5.41, 5.74) is 7.87. The first-order chi connectivity index (χ1) is 11.1. The lowest BCUT2D eigenvalue weighted by atomic mass is 10.1. The van der Waals surface area contributed by atoms with Crippen LogP contribution < -0.4 is 5.73 Å². The van der Waals surface area contributed by atoms with Crippen molar-refractivity contribution in [2.45, 2.75) is 12.5 Å². The van der Waals surface area contributed by atoms with Gasteiger partial charge < -0.3 is 14.9 Å². The van der Waals surface area contributed by atoms with Gasteiger partial charge in [0.05, 0.1) is 6.33 Å². The van der Waals surface area contributed by atoms with Gasteiger partial charge in [-0.15, -0.1) is 0 Å². The van der Waals surface area contributed by atoms with Gasteiger partial charge in [-0.1, -0.05) is 0 Å². The zero-order valence-electron chi connectivity index (χ0n) is 12.1. The molecule has 7 nitrogen and oxygen atoms in total. The Morgan fingerprint density at radius 3 is 2.87 bits per heavy atom. The number of hydrogen-bond acceptors (Lipinski definition) is 4. The average molecular weight is 307 g/mol. The molecule has 4 rings (SSSR count). The molecule has 1 unspecified atom stereocenters. The van der Waals surface area contributed by atoms with E-state index in [-0.39, 0.29) is 11.6 Å². The lowest BCUT2D eigenvalue weighted by Gasteiger charge is -2.11. The Labute approximate surface area is 131 Å². The van der Waals surface area contributed by atoms with Crippen molar-refractivity contribution in [1.82, 2.24) is 19.1 Å². The first-order valence-electron chi connectivity index (χ1n) is 7.13. The highest BCUT2D eigenvalue weighted by Crippen LogP contribution is 2.32. The molecule has 1 atom stereocenters. The van der Waals surface area contributed by atoms with Crippen molar-refractivity contribution in [3.63, 3.8) is 0 Å². The molecule has 114 valence electrons. The van der Waals surface area contributed by atoms with Crippen LogP contribution in [0.3, 0.4) is 0 Å². The summed E-state index contributed by atoms with van der Waals surface area (Å²) in [7, 11) is 0. The maximum atomic E-state index is 12.6. The van der Waals surface area contributed by atoms with Gasteiger partial charge in [-0.25, -0.2) is 9.97 Å². The molecule has 2 heterocycles. The van der Waals surface area contributed by atoms with Crippen LogP contribution in [0.5, 0.6) is 0 Å². The molecule has 0 spiro atoms. The highest BCUT2D eigenvalue weighted by atomic mass is 16.1. The number of amides is 1. The van der Waals surface area contributed by atoms with Gasteiger partial charge in [0.1, 0.15) is 6.04 Å². The summed E-state index contributed by atoms with van der Waals surface area (Å²) in [5, 5.41) is 0. The summed E-state index contributed by atoms with van der Waals surface area (Å²) >= 11 is 0. The average Bonchev–Trinajstić information content (AvgIpc) is 3.26. The molecule has 7 heteroatoms. The van der Waals surface area contributed by atoms with Crippen molar-refractivity contribution in [2.75, 3.05) is 0 Å². The van der Waals surface area contributed by atoms with Crippen LogP contribution in [0, 0.1) is 0 Å². The molecule has 1 aromatic carbocycles. The van der Waals surface area contributed by atoms with Crippen LogP contribution in [0.2, 0.25) is 0 Å². The van der Waals surface area contributed by atoms with E-state index in [0.717, 1.165) is 11.3 Å². The van der Waals surface area contributed by atoms with Crippen molar-refractivity contribution >= 4 is 11.7 Å². The van der Waals surface area contributed by atoms with E-state index in [1.807, 2.05) is 29.0 Å². The Kier molecular flexibility index (Phi) is 2.87. The van der Waals surface area contributed by atoms with Gasteiger partial charge in [-0.3, -0.25) is 9.59 Å². The number of nitrogens with two attached hydrogens (primary N) is 1. The fraction of sp³-hybridized carbons (Fsp3) is 0.125. The molecule has 0 radical (unpaired) electrons. The number of nitrogens with zero attached hydrogens (tertiary/aromatic N) is 4. The maximum Gasteiger partial charge on any atom is 0.284 e. The second-order valence-corrected chi connectivity index (χ2v) is 5.42. The Morgan fingerprint density at radius 1 is 1.26 bits per heavy atom. The van der Waals surface area contributed by atoms with E-state index in [0.29, 0.717) is 12.0 Å². The second-order valence-electron chi connectivity index (χ2n) is 5.42. The van der Waals surface area contributed by atoms with Crippen molar-refractivity contribution in [1.29, 1.82) is 0 Å². The zero-order chi connectivity index (χ0) is 16.0. The third-order valence-electron chi connectivity index (χ3n) is 4.10. The summed E-state index contributed by atoms with van der Waals surface area (Å²) in [6.07, 6.45) is 8.85. The van der Waals surface area contributed by atoms with Gasteiger partial charge in [0.15, 0.2) is 11.6 Å². The van der Waals surface area contributed by atoms with Gasteiger partial charge in [-0.05, 0) is 23.8 Å². The molecule has 1 amide bonds. The van der Waals surface area contributed by atoms with Gasteiger partial charge in [0, 0.05) is 42.5 Å². The number of ketones is 1. The molecular formula is C16H13N5O2. The van der Waals surface area contributed by atoms with E-state index in [4.69, 9.17) is 5.73 Å². The van der Waals surface area contributed by atoms with Crippen LogP contribution in [-0.4, -0.2) is 30.8 Å². The molecule has 1 aliphatic rings. The first kappa shape index (κ1) is 13.4. The first-order valence-corrected chi connectivity index (χ1v) is 7.13. The van der Waals surface area contributed by atoms with Crippen LogP contribution in [0.1, 0.15) is 32.6 Å². The second kappa shape index (κ2) is 4.91. The lowest BCUT2D eigenvalue weighted by molar-refractivity contribution is 0.0931. The van der Waals surface area contributed by atoms with E-state index in [2.05, 4.69) is 9.97 Å². The van der Waals surface area contributed by atoms with Crippen LogP contribution in [0.15, 0.2) is 49.3 Å². The molecule has 23 heavy (non-hydrogen) atoms. The van der Waals surface area contributed by atoms with Crippen molar-refractivity contribution in [3.05, 3.63) is 66.3 Å². The molecule has 0 saturated carbocycles. The predicted octanol–water partition coefficient (Wildman–Crippen LogP) is 1.15. The summed E-state index contributed by atoms with van der Waals surface area (Å²) in [6.45, 7) is 0. The number of primary amides is 1. The van der Waals surface area contributed by atoms with Gasteiger partial charge in [0.2, 0.25) is 0 Å². The normalized spacial score (nSPS) is 16.5. The Morgan fingerprint density at radius 2 is 2.13 bits per heavy atom. The number of aromatic nitrogens is 4. The highest BCUT2D eigenvalue weighted by molar-refractivity contribution is 6.04. The summed E-state index contributed by atoms with van der Waals surface area (Å²) < 4.78 is 3.44. The third kappa shape index (κ3) is 2.05. The topological polar surface area (TPSA) is 95.8 Å². The van der Waals surface area contributed by atoms with Crippen LogP contribution in [0.4, 0.5) is 0 Å². The van der Waals surface area contributed by atoms with Crippen molar-refractivity contribution < 1.29 is 9.59 Å². The summed E-state index contributed by atoms with van der Waals surface area (Å²) in [6, 6.07) is 5.18. The number of carbonyl (C=O) groups is 2. The largest absolute Gasteiger partial charge is 0.363 e. The lowest BCUT2D eigenvalue weighted by Crippen LogP contribution is -2.23. The third-order valence-corrected chi connectivity index (χ3v) is 4.10. The number of carbonyl (C=O) groups excluding carboxylic acids is 2. The standard InChI is InChI=1S/C16H13N5O2/c17-15(23)16-19-4-6-21(16)13-8-10-7-11(20-5-3-18-9-20)1-2-12(10)14(13)22/h1-7,9,13H,8H2,(H2,17,23). The number of fused-ring (bicyclic) bond motifs is 1. The fourth-order valence-corrected chi connectivity index (χ4v) is 3.02. The molecule has 0 bridgehead atoms. The predicted molar refractivity (Wildman–Crippen MR) is 81.4 cm³/mol. The number of imidazole rings is 2. The number of Topliss-reactive ketones (excluding diaryl/α,β-unsaturated/α-hetero) is 1. The Hall–Kier alpha value is -3.22. The minimum Gasteiger partial charge on any atom is -0.363 e. The molecule has 2 N–H and O–H groups in total. The highest BCUT2D eigenvalue weighted by Gasteiger charge is 2.33. The number of hydrogen-bond donors (Lipinski definition) is 1. The minimum atomic E-state index is -0.641. The van der Waals surface area contributed by atoms with Crippen molar-refractivity contribution in [2.24, 2.45) is 5.73 Å². The van der Waals surface area contributed by atoms with Crippen LogP contribution in [-0.2, 0) is 6.42 Å². The molecule has 3 aromatic rings. The van der Waals surface area contributed by atoms with E-state index in [1.165, 1.54) is 6.20 Å². The number of rotatable bonds is 3. The SMILES string of the molecule is NC(=O)c1nccn1C1Cc2cc(-n3ccnc3)ccc2C1=O. The molecule has 0 saturated heterocycles. The summed E-state index contributed by atoms with van der Waals surface area (Å²) in [4.78, 5) is 32.1. The van der Waals surface area contributed by atoms with E-state index < -0.39 is 11.9 Å². The van der Waals surface area contributed by atoms with Crippen LogP contribution in [0.25, 0.3) is 5.69 Å². The van der Waals surface area contributed by atoms with E-state index in [1.54, 1.807) is 23.3 Å². The molecule has 2 aromatic heterocycles. The van der Waals surface area contributed by atoms with Gasteiger partial charge >= 0.3 is 0 Å². The zero-order valence-corrected chi connectivity index (χ0v) is 12.1. The molecule has 0 fully saturated rings.